The average molecular weight is 357 g/mol. The first-order valence-corrected chi connectivity index (χ1v) is 9.08. The van der Waals surface area contributed by atoms with Crippen molar-refractivity contribution in [2.24, 2.45) is 0 Å². The number of benzene rings is 2. The summed E-state index contributed by atoms with van der Waals surface area (Å²) in [6, 6.07) is 16.3. The summed E-state index contributed by atoms with van der Waals surface area (Å²) in [4.78, 5) is 12.5. The molecule has 4 rings (SSSR count). The van der Waals surface area contributed by atoms with Gasteiger partial charge in [0.1, 0.15) is 5.82 Å². The van der Waals surface area contributed by atoms with Gasteiger partial charge in [0.25, 0.3) is 5.91 Å². The van der Waals surface area contributed by atoms with Gasteiger partial charge >= 0.3 is 0 Å². The van der Waals surface area contributed by atoms with Crippen molar-refractivity contribution in [2.45, 2.75) is 32.2 Å². The van der Waals surface area contributed by atoms with Crippen LogP contribution in [-0.4, -0.2) is 20.7 Å². The van der Waals surface area contributed by atoms with Gasteiger partial charge in [-0.05, 0) is 49.2 Å². The zero-order chi connectivity index (χ0) is 18.6. The average Bonchev–Trinajstić information content (AvgIpc) is 2.96. The van der Waals surface area contributed by atoms with E-state index in [2.05, 4.69) is 20.1 Å². The Bertz CT molecular complexity index is 1010. The Morgan fingerprint density at radius 3 is 2.74 bits per heavy atom. The van der Waals surface area contributed by atoms with Crippen LogP contribution in [0.1, 0.15) is 41.0 Å². The first-order chi connectivity index (χ1) is 13.2. The Morgan fingerprint density at radius 2 is 1.93 bits per heavy atom. The maximum atomic E-state index is 12.5. The van der Waals surface area contributed by atoms with Crippen LogP contribution in [0.5, 0.6) is 0 Å². The molecular formula is C21H19N5O. The number of carbonyl (C=O) groups excluding carboxylic acids is 1. The van der Waals surface area contributed by atoms with Gasteiger partial charge in [-0.15, -0.1) is 10.2 Å². The fraction of sp³-hybridized carbons (Fsp3) is 0.238. The summed E-state index contributed by atoms with van der Waals surface area (Å²) >= 11 is 0. The van der Waals surface area contributed by atoms with Crippen LogP contribution in [0.4, 0.5) is 5.69 Å². The van der Waals surface area contributed by atoms with Crippen LogP contribution >= 0.6 is 0 Å². The van der Waals surface area contributed by atoms with Crippen LogP contribution in [0, 0.1) is 11.3 Å². The number of hydrogen-bond acceptors (Lipinski definition) is 4. The van der Waals surface area contributed by atoms with E-state index in [0.717, 1.165) is 43.0 Å². The van der Waals surface area contributed by atoms with Crippen molar-refractivity contribution in [3.8, 4) is 17.5 Å². The zero-order valence-corrected chi connectivity index (χ0v) is 14.9. The molecular weight excluding hydrogens is 338 g/mol. The van der Waals surface area contributed by atoms with E-state index in [1.54, 1.807) is 24.3 Å². The second kappa shape index (κ2) is 7.42. The Balaban J connectivity index is 1.57. The molecule has 134 valence electrons. The molecule has 0 spiro atoms. The fourth-order valence-electron chi connectivity index (χ4n) is 3.33. The Hall–Kier alpha value is -3.46. The number of rotatable bonds is 3. The van der Waals surface area contributed by atoms with Crippen molar-refractivity contribution in [2.75, 3.05) is 5.32 Å². The molecule has 0 fully saturated rings. The van der Waals surface area contributed by atoms with Gasteiger partial charge in [0.2, 0.25) is 0 Å². The van der Waals surface area contributed by atoms with Gasteiger partial charge < -0.3 is 9.88 Å². The Kier molecular flexibility index (Phi) is 4.67. The first kappa shape index (κ1) is 17.0. The second-order valence-electron chi connectivity index (χ2n) is 6.63. The highest BCUT2D eigenvalue weighted by Gasteiger charge is 2.16. The molecule has 0 atom stereocenters. The van der Waals surface area contributed by atoms with Crippen LogP contribution in [-0.2, 0) is 13.0 Å². The largest absolute Gasteiger partial charge is 0.322 e. The third kappa shape index (κ3) is 3.58. The van der Waals surface area contributed by atoms with Crippen LogP contribution in [0.2, 0.25) is 0 Å². The Labute approximate surface area is 157 Å². The lowest BCUT2D eigenvalue weighted by Crippen LogP contribution is -2.12. The van der Waals surface area contributed by atoms with Crippen LogP contribution in [0.25, 0.3) is 11.4 Å². The molecule has 6 heteroatoms. The monoisotopic (exact) mass is 357 g/mol. The number of anilines is 1. The molecule has 1 aliphatic rings. The Morgan fingerprint density at radius 1 is 1.07 bits per heavy atom. The maximum Gasteiger partial charge on any atom is 0.255 e. The lowest BCUT2D eigenvalue weighted by Gasteiger charge is -2.09. The van der Waals surface area contributed by atoms with Crippen molar-refractivity contribution >= 4 is 11.6 Å². The van der Waals surface area contributed by atoms with Gasteiger partial charge in [-0.3, -0.25) is 4.79 Å². The van der Waals surface area contributed by atoms with Crippen LogP contribution in [0.15, 0.2) is 48.5 Å². The van der Waals surface area contributed by atoms with Crippen molar-refractivity contribution in [3.05, 3.63) is 65.5 Å². The molecule has 0 aliphatic carbocycles. The molecule has 27 heavy (non-hydrogen) atoms. The summed E-state index contributed by atoms with van der Waals surface area (Å²) in [5.41, 5.74) is 2.68. The van der Waals surface area contributed by atoms with Gasteiger partial charge in [0.05, 0.1) is 11.6 Å². The van der Waals surface area contributed by atoms with Crippen molar-refractivity contribution in [1.82, 2.24) is 14.8 Å². The fourth-order valence-corrected chi connectivity index (χ4v) is 3.33. The summed E-state index contributed by atoms with van der Waals surface area (Å²) in [7, 11) is 0. The third-order valence-corrected chi connectivity index (χ3v) is 4.76. The van der Waals surface area contributed by atoms with Crippen LogP contribution < -0.4 is 5.32 Å². The number of carbonyl (C=O) groups is 1. The third-order valence-electron chi connectivity index (χ3n) is 4.76. The van der Waals surface area contributed by atoms with E-state index >= 15 is 0 Å². The summed E-state index contributed by atoms with van der Waals surface area (Å²) < 4.78 is 2.19. The molecule has 0 saturated heterocycles. The maximum absolute atomic E-state index is 12.5. The predicted molar refractivity (Wildman–Crippen MR) is 102 cm³/mol. The number of hydrogen-bond donors (Lipinski definition) is 1. The number of aromatic nitrogens is 3. The highest BCUT2D eigenvalue weighted by Crippen LogP contribution is 2.25. The molecule has 2 heterocycles. The van der Waals surface area contributed by atoms with Crippen LogP contribution in [0.3, 0.4) is 0 Å². The normalized spacial score (nSPS) is 13.3. The quantitative estimate of drug-likeness (QED) is 0.773. The number of nitrogens with one attached hydrogen (secondary N) is 1. The SMILES string of the molecule is N#Cc1ccc(C(=O)Nc2cccc(-c3nnc4n3CCCCC4)c2)cc1. The molecule has 0 radical (unpaired) electrons. The zero-order valence-electron chi connectivity index (χ0n) is 14.9. The highest BCUT2D eigenvalue weighted by atomic mass is 16.1. The molecule has 6 nitrogen and oxygen atoms in total. The van der Waals surface area contributed by atoms with E-state index in [9.17, 15) is 4.79 Å². The predicted octanol–water partition coefficient (Wildman–Crippen LogP) is 3.80. The standard InChI is InChI=1S/C21H19N5O/c22-14-15-8-10-16(11-9-15)21(27)23-18-6-4-5-17(13-18)20-25-24-19-7-2-1-3-12-26(19)20/h4-6,8-11,13H,1-3,7,12H2,(H,23,27). The molecule has 1 aromatic heterocycles. The van der Waals surface area contributed by atoms with Gasteiger partial charge in [-0.2, -0.15) is 5.26 Å². The topological polar surface area (TPSA) is 83.6 Å². The molecule has 1 aliphatic heterocycles. The minimum Gasteiger partial charge on any atom is -0.322 e. The molecule has 2 aromatic carbocycles. The molecule has 1 N–H and O–H groups in total. The van der Waals surface area contributed by atoms with Gasteiger partial charge in [-0.1, -0.05) is 18.6 Å². The molecule has 0 unspecified atom stereocenters. The van der Waals surface area contributed by atoms with E-state index in [0.29, 0.717) is 16.8 Å². The number of nitrogens with zero attached hydrogens (tertiary/aromatic N) is 4. The smallest absolute Gasteiger partial charge is 0.255 e. The molecule has 0 saturated carbocycles. The van der Waals surface area contributed by atoms with Gasteiger partial charge in [0.15, 0.2) is 5.82 Å². The van der Waals surface area contributed by atoms with Crippen molar-refractivity contribution in [3.63, 3.8) is 0 Å². The van der Waals surface area contributed by atoms with E-state index in [4.69, 9.17) is 5.26 Å². The van der Waals surface area contributed by atoms with Crippen molar-refractivity contribution < 1.29 is 4.79 Å². The van der Waals surface area contributed by atoms with Crippen molar-refractivity contribution in [1.29, 1.82) is 5.26 Å². The van der Waals surface area contributed by atoms with E-state index in [-0.39, 0.29) is 5.91 Å². The highest BCUT2D eigenvalue weighted by molar-refractivity contribution is 6.04. The second-order valence-corrected chi connectivity index (χ2v) is 6.63. The first-order valence-electron chi connectivity index (χ1n) is 9.08. The summed E-state index contributed by atoms with van der Waals surface area (Å²) in [5, 5.41) is 20.5. The van der Waals surface area contributed by atoms with E-state index < -0.39 is 0 Å². The molecule has 0 bridgehead atoms. The minimum absolute atomic E-state index is 0.211. The summed E-state index contributed by atoms with van der Waals surface area (Å²) in [5.74, 6) is 1.67. The molecule has 3 aromatic rings. The summed E-state index contributed by atoms with van der Waals surface area (Å²) in [6.07, 6.45) is 4.46. The number of amides is 1. The summed E-state index contributed by atoms with van der Waals surface area (Å²) in [6.45, 7) is 0.930. The van der Waals surface area contributed by atoms with Gasteiger partial charge in [0, 0.05) is 29.8 Å². The van der Waals surface area contributed by atoms with E-state index in [1.165, 1.54) is 6.42 Å². The van der Waals surface area contributed by atoms with E-state index in [1.807, 2.05) is 30.3 Å². The lowest BCUT2D eigenvalue weighted by atomic mass is 10.1. The number of fused-ring (bicyclic) bond motifs is 1. The number of aryl methyl sites for hydroxylation is 1. The van der Waals surface area contributed by atoms with Gasteiger partial charge in [-0.25, -0.2) is 0 Å². The molecule has 1 amide bonds. The lowest BCUT2D eigenvalue weighted by molar-refractivity contribution is 0.102. The number of nitriles is 1. The minimum atomic E-state index is -0.211.